The van der Waals surface area contributed by atoms with Crippen LogP contribution in [0, 0.1) is 0 Å². The first-order valence-corrected chi connectivity index (χ1v) is 11.5. The van der Waals surface area contributed by atoms with Gasteiger partial charge in [0.15, 0.2) is 0 Å². The van der Waals surface area contributed by atoms with Gasteiger partial charge in [-0.1, -0.05) is 23.7 Å². The van der Waals surface area contributed by atoms with Crippen LogP contribution < -0.4 is 9.46 Å². The quantitative estimate of drug-likeness (QED) is 0.608. The molecule has 2 aromatic rings. The van der Waals surface area contributed by atoms with Crippen LogP contribution in [-0.4, -0.2) is 52.8 Å². The Bertz CT molecular complexity index is 865. The predicted molar refractivity (Wildman–Crippen MR) is 114 cm³/mol. The zero-order chi connectivity index (χ0) is 20.7. The maximum atomic E-state index is 12.7. The SMILES string of the molecule is COCCOc1ccc(S(=O)(=O)NC2CCN(Cc3ccc(Cl)cc3)CC2)cc1. The molecule has 6 nitrogen and oxygen atoms in total. The van der Waals surface area contributed by atoms with E-state index < -0.39 is 10.0 Å². The first-order chi connectivity index (χ1) is 14.0. The lowest BCUT2D eigenvalue weighted by Crippen LogP contribution is -2.44. The van der Waals surface area contributed by atoms with Gasteiger partial charge < -0.3 is 9.47 Å². The van der Waals surface area contributed by atoms with Gasteiger partial charge in [0.25, 0.3) is 0 Å². The van der Waals surface area contributed by atoms with Gasteiger partial charge >= 0.3 is 0 Å². The van der Waals surface area contributed by atoms with E-state index >= 15 is 0 Å². The minimum Gasteiger partial charge on any atom is -0.491 e. The minimum absolute atomic E-state index is 0.0564. The summed E-state index contributed by atoms with van der Waals surface area (Å²) >= 11 is 5.93. The number of nitrogens with zero attached hydrogens (tertiary/aromatic N) is 1. The topological polar surface area (TPSA) is 67.9 Å². The van der Waals surface area contributed by atoms with Crippen LogP contribution in [0.4, 0.5) is 0 Å². The molecule has 0 radical (unpaired) electrons. The molecule has 0 unspecified atom stereocenters. The monoisotopic (exact) mass is 438 g/mol. The number of halogens is 1. The first kappa shape index (κ1) is 22.1. The molecule has 1 aliphatic rings. The lowest BCUT2D eigenvalue weighted by molar-refractivity contribution is 0.146. The van der Waals surface area contributed by atoms with E-state index in [1.165, 1.54) is 5.56 Å². The van der Waals surface area contributed by atoms with Crippen molar-refractivity contribution >= 4 is 21.6 Å². The molecule has 8 heteroatoms. The fourth-order valence-electron chi connectivity index (χ4n) is 3.30. The molecule has 1 fully saturated rings. The van der Waals surface area contributed by atoms with Crippen LogP contribution in [0.3, 0.4) is 0 Å². The number of ether oxygens (including phenoxy) is 2. The van der Waals surface area contributed by atoms with Crippen molar-refractivity contribution in [1.82, 2.24) is 9.62 Å². The summed E-state index contributed by atoms with van der Waals surface area (Å²) in [4.78, 5) is 2.58. The lowest BCUT2D eigenvalue weighted by atomic mass is 10.1. The maximum absolute atomic E-state index is 12.7. The molecule has 1 aliphatic heterocycles. The Kier molecular flexibility index (Phi) is 7.91. The molecule has 0 saturated carbocycles. The zero-order valence-corrected chi connectivity index (χ0v) is 18.1. The smallest absolute Gasteiger partial charge is 0.240 e. The average Bonchev–Trinajstić information content (AvgIpc) is 2.72. The molecule has 0 aromatic heterocycles. The highest BCUT2D eigenvalue weighted by atomic mass is 35.5. The van der Waals surface area contributed by atoms with Gasteiger partial charge in [0, 0.05) is 37.8 Å². The van der Waals surface area contributed by atoms with Gasteiger partial charge in [0.2, 0.25) is 10.0 Å². The molecule has 0 atom stereocenters. The second-order valence-electron chi connectivity index (χ2n) is 7.11. The lowest BCUT2D eigenvalue weighted by Gasteiger charge is -2.32. The van der Waals surface area contributed by atoms with E-state index in [4.69, 9.17) is 21.1 Å². The molecule has 158 valence electrons. The second-order valence-corrected chi connectivity index (χ2v) is 9.26. The first-order valence-electron chi connectivity index (χ1n) is 9.67. The zero-order valence-electron chi connectivity index (χ0n) is 16.5. The van der Waals surface area contributed by atoms with Crippen LogP contribution in [0.5, 0.6) is 5.75 Å². The number of nitrogens with one attached hydrogen (secondary N) is 1. The van der Waals surface area contributed by atoms with E-state index in [0.717, 1.165) is 37.5 Å². The fourth-order valence-corrected chi connectivity index (χ4v) is 4.73. The summed E-state index contributed by atoms with van der Waals surface area (Å²) in [5.74, 6) is 0.622. The van der Waals surface area contributed by atoms with Gasteiger partial charge in [-0.3, -0.25) is 4.90 Å². The highest BCUT2D eigenvalue weighted by Gasteiger charge is 2.24. The molecule has 1 saturated heterocycles. The number of rotatable bonds is 9. The predicted octanol–water partition coefficient (Wildman–Crippen LogP) is 3.31. The minimum atomic E-state index is -3.55. The third-order valence-electron chi connectivity index (χ3n) is 4.92. The van der Waals surface area contributed by atoms with E-state index in [-0.39, 0.29) is 10.9 Å². The standard InChI is InChI=1S/C21H27ClN2O4S/c1-27-14-15-28-20-6-8-21(9-7-20)29(25,26)23-19-10-12-24(13-11-19)16-17-2-4-18(22)5-3-17/h2-9,19,23H,10-16H2,1H3. The Labute approximate surface area is 177 Å². The van der Waals surface area contributed by atoms with Crippen LogP contribution in [0.1, 0.15) is 18.4 Å². The van der Waals surface area contributed by atoms with Gasteiger partial charge in [-0.05, 0) is 54.8 Å². The molecule has 3 rings (SSSR count). The highest BCUT2D eigenvalue weighted by Crippen LogP contribution is 2.20. The van der Waals surface area contributed by atoms with Crippen molar-refractivity contribution in [3.63, 3.8) is 0 Å². The number of benzene rings is 2. The summed E-state index contributed by atoms with van der Waals surface area (Å²) in [7, 11) is -1.94. The number of hydrogen-bond donors (Lipinski definition) is 1. The summed E-state index contributed by atoms with van der Waals surface area (Å²) in [5, 5.41) is 0.733. The van der Waals surface area contributed by atoms with E-state index in [0.29, 0.717) is 19.0 Å². The molecule has 0 aliphatic carbocycles. The Balaban J connectivity index is 1.49. The number of methoxy groups -OCH3 is 1. The molecule has 1 heterocycles. The van der Waals surface area contributed by atoms with E-state index in [9.17, 15) is 8.42 Å². The number of sulfonamides is 1. The van der Waals surface area contributed by atoms with E-state index in [1.807, 2.05) is 24.3 Å². The largest absolute Gasteiger partial charge is 0.491 e. The average molecular weight is 439 g/mol. The van der Waals surface area contributed by atoms with Crippen LogP contribution >= 0.6 is 11.6 Å². The Hall–Kier alpha value is -1.64. The van der Waals surface area contributed by atoms with Crippen LogP contribution in [0.15, 0.2) is 53.4 Å². The maximum Gasteiger partial charge on any atom is 0.240 e. The molecular formula is C21H27ClN2O4S. The van der Waals surface area contributed by atoms with E-state index in [1.54, 1.807) is 31.4 Å². The number of hydrogen-bond acceptors (Lipinski definition) is 5. The van der Waals surface area contributed by atoms with Crippen LogP contribution in [0.2, 0.25) is 5.02 Å². The normalized spacial score (nSPS) is 16.1. The third kappa shape index (κ3) is 6.69. The summed E-state index contributed by atoms with van der Waals surface area (Å²) in [6.45, 7) is 3.46. The third-order valence-corrected chi connectivity index (χ3v) is 6.71. The Morgan fingerprint density at radius 2 is 1.69 bits per heavy atom. The van der Waals surface area contributed by atoms with Crippen molar-refractivity contribution in [2.24, 2.45) is 0 Å². The van der Waals surface area contributed by atoms with Gasteiger partial charge in [-0.2, -0.15) is 0 Å². The van der Waals surface area contributed by atoms with Crippen molar-refractivity contribution < 1.29 is 17.9 Å². The summed E-state index contributed by atoms with van der Waals surface area (Å²) in [6.07, 6.45) is 1.57. The fraction of sp³-hybridized carbons (Fsp3) is 0.429. The van der Waals surface area contributed by atoms with Gasteiger partial charge in [-0.15, -0.1) is 0 Å². The van der Waals surface area contributed by atoms with Gasteiger partial charge in [-0.25, -0.2) is 13.1 Å². The molecule has 1 N–H and O–H groups in total. The van der Waals surface area contributed by atoms with Crippen molar-refractivity contribution in [3.8, 4) is 5.75 Å². The van der Waals surface area contributed by atoms with Gasteiger partial charge in [0.1, 0.15) is 12.4 Å². The van der Waals surface area contributed by atoms with Crippen LogP contribution in [0.25, 0.3) is 0 Å². The molecular weight excluding hydrogens is 412 g/mol. The molecule has 0 amide bonds. The highest BCUT2D eigenvalue weighted by molar-refractivity contribution is 7.89. The Morgan fingerprint density at radius 3 is 2.31 bits per heavy atom. The molecule has 0 spiro atoms. The van der Waals surface area contributed by atoms with Crippen molar-refractivity contribution in [3.05, 3.63) is 59.1 Å². The summed E-state index contributed by atoms with van der Waals surface area (Å²) in [5.41, 5.74) is 1.21. The number of likely N-dealkylation sites (tertiary alicyclic amines) is 1. The molecule has 29 heavy (non-hydrogen) atoms. The molecule has 2 aromatic carbocycles. The van der Waals surface area contributed by atoms with Crippen LogP contribution in [-0.2, 0) is 21.3 Å². The van der Waals surface area contributed by atoms with Gasteiger partial charge in [0.05, 0.1) is 11.5 Å². The van der Waals surface area contributed by atoms with Crippen molar-refractivity contribution in [2.45, 2.75) is 30.3 Å². The Morgan fingerprint density at radius 1 is 1.03 bits per heavy atom. The molecule has 0 bridgehead atoms. The number of piperidine rings is 1. The summed E-state index contributed by atoms with van der Waals surface area (Å²) < 4.78 is 38.6. The van der Waals surface area contributed by atoms with Crippen molar-refractivity contribution in [2.75, 3.05) is 33.4 Å². The summed E-state index contributed by atoms with van der Waals surface area (Å²) in [6, 6.07) is 14.3. The second kappa shape index (κ2) is 10.4. The van der Waals surface area contributed by atoms with E-state index in [2.05, 4.69) is 9.62 Å². The van der Waals surface area contributed by atoms with Crippen molar-refractivity contribution in [1.29, 1.82) is 0 Å².